The molecule has 17 heavy (non-hydrogen) atoms. The summed E-state index contributed by atoms with van der Waals surface area (Å²) in [6, 6.07) is 0. The number of hydrogen-bond donors (Lipinski definition) is 0. The van der Waals surface area contributed by atoms with Crippen molar-refractivity contribution >= 4 is 0 Å². The Bertz CT molecular complexity index is 260. The molecule has 1 aliphatic heterocycles. The van der Waals surface area contributed by atoms with Gasteiger partial charge in [0.25, 0.3) is 0 Å². The minimum Gasteiger partial charge on any atom is -0.494 e. The highest BCUT2D eigenvalue weighted by Gasteiger charge is 2.37. The predicted octanol–water partition coefficient (Wildman–Crippen LogP) is 5.31. The molecule has 0 saturated carbocycles. The molecular formula is C16H30O. The summed E-state index contributed by atoms with van der Waals surface area (Å²) in [5, 5.41) is 0. The van der Waals surface area contributed by atoms with Crippen molar-refractivity contribution in [2.24, 2.45) is 10.8 Å². The van der Waals surface area contributed by atoms with Crippen LogP contribution in [0, 0.1) is 10.8 Å². The largest absolute Gasteiger partial charge is 0.494 e. The van der Waals surface area contributed by atoms with Crippen LogP contribution in [0.3, 0.4) is 0 Å². The van der Waals surface area contributed by atoms with E-state index in [-0.39, 0.29) is 10.8 Å². The normalized spacial score (nSPS) is 21.9. The third-order valence-electron chi connectivity index (χ3n) is 3.46. The third kappa shape index (κ3) is 3.76. The second-order valence-corrected chi connectivity index (χ2v) is 7.39. The first-order valence-electron chi connectivity index (χ1n) is 7.07. The second kappa shape index (κ2) is 5.04. The molecule has 0 bridgehead atoms. The molecule has 1 atom stereocenters. The fraction of sp³-hybridized carbons (Fsp3) is 0.875. The quantitative estimate of drug-likeness (QED) is 0.647. The summed E-state index contributed by atoms with van der Waals surface area (Å²) in [7, 11) is 0. The van der Waals surface area contributed by atoms with Gasteiger partial charge in [0, 0.05) is 11.8 Å². The van der Waals surface area contributed by atoms with Crippen LogP contribution in [0.4, 0.5) is 0 Å². The van der Waals surface area contributed by atoms with E-state index in [0.717, 1.165) is 6.42 Å². The van der Waals surface area contributed by atoms with Crippen molar-refractivity contribution < 1.29 is 4.74 Å². The van der Waals surface area contributed by atoms with Gasteiger partial charge < -0.3 is 4.74 Å². The lowest BCUT2D eigenvalue weighted by atomic mass is 9.78. The summed E-state index contributed by atoms with van der Waals surface area (Å²) in [6.45, 7) is 15.9. The molecule has 1 rings (SSSR count). The van der Waals surface area contributed by atoms with Gasteiger partial charge in [-0.15, -0.1) is 0 Å². The van der Waals surface area contributed by atoms with Gasteiger partial charge in [0.2, 0.25) is 0 Å². The number of allylic oxidation sites excluding steroid dienone is 1. The molecule has 1 unspecified atom stereocenters. The molecule has 1 nitrogen and oxygen atoms in total. The van der Waals surface area contributed by atoms with Crippen LogP contribution >= 0.6 is 0 Å². The molecule has 1 aliphatic rings. The van der Waals surface area contributed by atoms with Crippen LogP contribution in [0.15, 0.2) is 11.3 Å². The van der Waals surface area contributed by atoms with E-state index < -0.39 is 0 Å². The molecule has 0 aliphatic carbocycles. The molecular weight excluding hydrogens is 208 g/mol. The Kier molecular flexibility index (Phi) is 4.33. The molecule has 1 heterocycles. The Morgan fingerprint density at radius 1 is 1.06 bits per heavy atom. The zero-order valence-corrected chi connectivity index (χ0v) is 12.8. The van der Waals surface area contributed by atoms with Gasteiger partial charge >= 0.3 is 0 Å². The average molecular weight is 238 g/mol. The van der Waals surface area contributed by atoms with E-state index in [1.54, 1.807) is 0 Å². The van der Waals surface area contributed by atoms with Gasteiger partial charge in [-0.05, 0) is 17.4 Å². The molecule has 0 aromatic carbocycles. The van der Waals surface area contributed by atoms with Gasteiger partial charge in [0.05, 0.1) is 0 Å². The summed E-state index contributed by atoms with van der Waals surface area (Å²) in [6.07, 6.45) is 5.30. The first kappa shape index (κ1) is 14.6. The van der Waals surface area contributed by atoms with E-state index in [4.69, 9.17) is 4.74 Å². The van der Waals surface area contributed by atoms with Crippen molar-refractivity contribution in [3.63, 3.8) is 0 Å². The van der Waals surface area contributed by atoms with Crippen molar-refractivity contribution in [1.82, 2.24) is 0 Å². The Morgan fingerprint density at radius 2 is 1.65 bits per heavy atom. The molecule has 0 saturated heterocycles. The monoisotopic (exact) mass is 238 g/mol. The number of rotatable bonds is 3. The lowest BCUT2D eigenvalue weighted by molar-refractivity contribution is 0.0947. The summed E-state index contributed by atoms with van der Waals surface area (Å²) < 4.78 is 6.25. The van der Waals surface area contributed by atoms with Gasteiger partial charge in [0.15, 0.2) is 0 Å². The summed E-state index contributed by atoms with van der Waals surface area (Å²) in [4.78, 5) is 0. The molecule has 0 N–H and O–H groups in total. The van der Waals surface area contributed by atoms with Crippen molar-refractivity contribution in [2.75, 3.05) is 0 Å². The smallest absolute Gasteiger partial charge is 0.102 e. The van der Waals surface area contributed by atoms with Crippen LogP contribution in [0.2, 0.25) is 0 Å². The summed E-state index contributed by atoms with van der Waals surface area (Å²) in [5.41, 5.74) is 1.92. The Labute approximate surface area is 108 Å². The van der Waals surface area contributed by atoms with Gasteiger partial charge in [-0.25, -0.2) is 0 Å². The Balaban J connectivity index is 2.86. The van der Waals surface area contributed by atoms with E-state index in [2.05, 4.69) is 48.5 Å². The van der Waals surface area contributed by atoms with Crippen molar-refractivity contribution in [3.05, 3.63) is 11.3 Å². The molecule has 0 fully saturated rings. The van der Waals surface area contributed by atoms with Crippen molar-refractivity contribution in [3.8, 4) is 0 Å². The second-order valence-electron chi connectivity index (χ2n) is 7.39. The van der Waals surface area contributed by atoms with Crippen LogP contribution < -0.4 is 0 Å². The van der Waals surface area contributed by atoms with Crippen molar-refractivity contribution in [2.45, 2.75) is 80.3 Å². The van der Waals surface area contributed by atoms with Crippen LogP contribution in [-0.2, 0) is 4.74 Å². The SMILES string of the molecule is CCCCC1CC(C(C)(C)C)=C(C(C)(C)C)O1. The van der Waals surface area contributed by atoms with Crippen LogP contribution in [0.1, 0.15) is 74.1 Å². The average Bonchev–Trinajstić information content (AvgIpc) is 2.57. The van der Waals surface area contributed by atoms with Gasteiger partial charge in [-0.3, -0.25) is 0 Å². The zero-order chi connectivity index (χ0) is 13.3. The molecule has 0 amide bonds. The lowest BCUT2D eigenvalue weighted by Gasteiger charge is -2.27. The van der Waals surface area contributed by atoms with Crippen LogP contribution in [0.25, 0.3) is 0 Å². The first-order valence-corrected chi connectivity index (χ1v) is 7.07. The summed E-state index contributed by atoms with van der Waals surface area (Å²) >= 11 is 0. The van der Waals surface area contributed by atoms with Crippen LogP contribution in [0.5, 0.6) is 0 Å². The predicted molar refractivity (Wildman–Crippen MR) is 75.0 cm³/mol. The van der Waals surface area contributed by atoms with E-state index in [0.29, 0.717) is 6.10 Å². The highest BCUT2D eigenvalue weighted by Crippen LogP contribution is 2.45. The van der Waals surface area contributed by atoms with Gasteiger partial charge in [0.1, 0.15) is 11.9 Å². The molecule has 100 valence electrons. The topological polar surface area (TPSA) is 9.23 Å². The van der Waals surface area contributed by atoms with Gasteiger partial charge in [-0.1, -0.05) is 61.3 Å². The minimum absolute atomic E-state index is 0.142. The zero-order valence-electron chi connectivity index (χ0n) is 12.8. The highest BCUT2D eigenvalue weighted by atomic mass is 16.5. The summed E-state index contributed by atoms with van der Waals surface area (Å²) in [5.74, 6) is 1.26. The molecule has 0 aromatic heterocycles. The maximum absolute atomic E-state index is 6.25. The minimum atomic E-state index is 0.142. The van der Waals surface area contributed by atoms with Crippen LogP contribution in [-0.4, -0.2) is 6.10 Å². The maximum Gasteiger partial charge on any atom is 0.102 e. The fourth-order valence-corrected chi connectivity index (χ4v) is 2.47. The molecule has 0 spiro atoms. The first-order chi connectivity index (χ1) is 7.66. The number of unbranched alkanes of at least 4 members (excludes halogenated alkanes) is 1. The molecule has 0 aromatic rings. The highest BCUT2D eigenvalue weighted by molar-refractivity contribution is 5.25. The fourth-order valence-electron chi connectivity index (χ4n) is 2.47. The molecule has 1 heteroatoms. The maximum atomic E-state index is 6.25. The number of ether oxygens (including phenoxy) is 1. The van der Waals surface area contributed by atoms with E-state index in [1.807, 2.05) is 0 Å². The standard InChI is InChI=1S/C16H30O/c1-8-9-10-12-11-13(15(2,3)4)14(17-12)16(5,6)7/h12H,8-11H2,1-7H3. The Morgan fingerprint density at radius 3 is 2.00 bits per heavy atom. The van der Waals surface area contributed by atoms with Gasteiger partial charge in [-0.2, -0.15) is 0 Å². The lowest BCUT2D eigenvalue weighted by Crippen LogP contribution is -2.17. The van der Waals surface area contributed by atoms with E-state index >= 15 is 0 Å². The number of hydrogen-bond acceptors (Lipinski definition) is 1. The van der Waals surface area contributed by atoms with E-state index in [1.165, 1.54) is 30.6 Å². The van der Waals surface area contributed by atoms with E-state index in [9.17, 15) is 0 Å². The third-order valence-corrected chi connectivity index (χ3v) is 3.46. The molecule has 0 radical (unpaired) electrons. The van der Waals surface area contributed by atoms with Crippen molar-refractivity contribution in [1.29, 1.82) is 0 Å². The Hall–Kier alpha value is -0.460.